The molecule has 0 saturated heterocycles. The molecule has 1 aliphatic carbocycles. The zero-order valence-corrected chi connectivity index (χ0v) is 16.5. The smallest absolute Gasteiger partial charge is 0.351 e. The fourth-order valence-electron chi connectivity index (χ4n) is 3.41. The summed E-state index contributed by atoms with van der Waals surface area (Å²) in [7, 11) is 0. The van der Waals surface area contributed by atoms with Gasteiger partial charge in [-0.3, -0.25) is 9.59 Å². The van der Waals surface area contributed by atoms with Crippen molar-refractivity contribution >= 4 is 34.1 Å². The van der Waals surface area contributed by atoms with Crippen molar-refractivity contribution in [3.63, 3.8) is 0 Å². The fraction of sp³-hybridized carbons (Fsp3) is 0.350. The molecule has 152 valence electrons. The fourth-order valence-corrected chi connectivity index (χ4v) is 4.70. The average Bonchev–Trinajstić information content (AvgIpc) is 3.27. The zero-order chi connectivity index (χ0) is 20.5. The second-order valence-corrected chi connectivity index (χ2v) is 7.96. The number of rotatable bonds is 5. The lowest BCUT2D eigenvalue weighted by atomic mass is 10.1. The first kappa shape index (κ1) is 19.3. The van der Waals surface area contributed by atoms with E-state index in [2.05, 4.69) is 5.32 Å². The van der Waals surface area contributed by atoms with Gasteiger partial charge in [0.1, 0.15) is 11.6 Å². The topological polar surface area (TPSA) is 117 Å². The van der Waals surface area contributed by atoms with Gasteiger partial charge in [-0.15, -0.1) is 11.3 Å². The molecule has 2 atom stereocenters. The molecular formula is C20H20N2O6S. The van der Waals surface area contributed by atoms with E-state index in [9.17, 15) is 14.4 Å². The summed E-state index contributed by atoms with van der Waals surface area (Å²) in [6.07, 6.45) is 0.551. The third-order valence-corrected chi connectivity index (χ3v) is 6.05. The molecule has 0 spiro atoms. The van der Waals surface area contributed by atoms with E-state index in [4.69, 9.17) is 19.9 Å². The summed E-state index contributed by atoms with van der Waals surface area (Å²) in [5, 5.41) is 3.08. The number of ether oxygens (including phenoxy) is 3. The second-order valence-electron chi connectivity index (χ2n) is 6.86. The van der Waals surface area contributed by atoms with E-state index in [1.165, 1.54) is 18.3 Å². The molecule has 1 aromatic heterocycles. The molecule has 0 unspecified atom stereocenters. The van der Waals surface area contributed by atoms with Crippen LogP contribution in [0.25, 0.3) is 0 Å². The molecule has 0 fully saturated rings. The Bertz CT molecular complexity index is 985. The predicted molar refractivity (Wildman–Crippen MR) is 105 cm³/mol. The molecule has 2 aliphatic rings. The highest BCUT2D eigenvalue weighted by molar-refractivity contribution is 7.17. The van der Waals surface area contributed by atoms with Crippen molar-refractivity contribution in [2.75, 3.05) is 11.9 Å². The lowest BCUT2D eigenvalue weighted by Crippen LogP contribution is -2.41. The maximum absolute atomic E-state index is 12.5. The van der Waals surface area contributed by atoms with Gasteiger partial charge in [0.15, 0.2) is 17.6 Å². The Hall–Kier alpha value is -3.07. The number of para-hydroxylation sites is 2. The quantitative estimate of drug-likeness (QED) is 0.721. The van der Waals surface area contributed by atoms with Gasteiger partial charge in [-0.05, 0) is 43.9 Å². The molecule has 9 heteroatoms. The van der Waals surface area contributed by atoms with Gasteiger partial charge in [-0.25, -0.2) is 4.79 Å². The molecule has 1 aliphatic heterocycles. The molecule has 29 heavy (non-hydrogen) atoms. The van der Waals surface area contributed by atoms with Crippen molar-refractivity contribution in [2.24, 2.45) is 5.73 Å². The second kappa shape index (κ2) is 7.75. The number of primary amides is 1. The van der Waals surface area contributed by atoms with E-state index in [-0.39, 0.29) is 6.61 Å². The van der Waals surface area contributed by atoms with Gasteiger partial charge in [-0.1, -0.05) is 12.1 Å². The van der Waals surface area contributed by atoms with E-state index in [1.807, 2.05) is 0 Å². The van der Waals surface area contributed by atoms with Gasteiger partial charge in [-0.2, -0.15) is 0 Å². The van der Waals surface area contributed by atoms with Crippen molar-refractivity contribution in [2.45, 2.75) is 38.4 Å². The Balaban J connectivity index is 1.39. The Morgan fingerprint density at radius 2 is 2.00 bits per heavy atom. The number of fused-ring (bicyclic) bond motifs is 2. The highest BCUT2D eigenvalue weighted by Crippen LogP contribution is 2.39. The van der Waals surface area contributed by atoms with E-state index >= 15 is 0 Å². The molecule has 2 amide bonds. The molecule has 0 radical (unpaired) electrons. The minimum atomic E-state index is -1.08. The zero-order valence-electron chi connectivity index (χ0n) is 15.7. The summed E-state index contributed by atoms with van der Waals surface area (Å²) in [4.78, 5) is 37.8. The van der Waals surface area contributed by atoms with Gasteiger partial charge in [0.05, 0.1) is 5.56 Å². The number of esters is 1. The number of carbonyl (C=O) groups excluding carboxylic acids is 3. The summed E-state index contributed by atoms with van der Waals surface area (Å²) >= 11 is 1.34. The molecular weight excluding hydrogens is 396 g/mol. The van der Waals surface area contributed by atoms with Crippen LogP contribution in [0.15, 0.2) is 24.3 Å². The van der Waals surface area contributed by atoms with Crippen LogP contribution in [-0.4, -0.2) is 36.6 Å². The van der Waals surface area contributed by atoms with Gasteiger partial charge < -0.3 is 25.3 Å². The number of carbonyl (C=O) groups is 3. The first-order valence-corrected chi connectivity index (χ1v) is 10.1. The van der Waals surface area contributed by atoms with Crippen LogP contribution in [-0.2, 0) is 27.2 Å². The summed E-state index contributed by atoms with van der Waals surface area (Å²) in [6, 6.07) is 6.99. The van der Waals surface area contributed by atoms with E-state index in [0.29, 0.717) is 22.1 Å². The van der Waals surface area contributed by atoms with Crippen LogP contribution >= 0.6 is 11.3 Å². The van der Waals surface area contributed by atoms with Crippen LogP contribution in [0.1, 0.15) is 34.1 Å². The number of thiophene rings is 1. The van der Waals surface area contributed by atoms with Crippen molar-refractivity contribution in [1.29, 1.82) is 0 Å². The molecule has 2 heterocycles. The summed E-state index contributed by atoms with van der Waals surface area (Å²) in [6.45, 7) is 1.45. The Morgan fingerprint density at radius 1 is 1.24 bits per heavy atom. The average molecular weight is 416 g/mol. The summed E-state index contributed by atoms with van der Waals surface area (Å²) in [5.74, 6) is -0.830. The molecule has 0 bridgehead atoms. The van der Waals surface area contributed by atoms with Gasteiger partial charge in [0.2, 0.25) is 6.10 Å². The normalized spacial score (nSPS) is 17.9. The molecule has 1 aromatic carbocycles. The van der Waals surface area contributed by atoms with Gasteiger partial charge in [0.25, 0.3) is 11.8 Å². The van der Waals surface area contributed by atoms with Crippen LogP contribution < -0.4 is 20.5 Å². The molecule has 8 nitrogen and oxygen atoms in total. The van der Waals surface area contributed by atoms with Gasteiger partial charge in [0, 0.05) is 4.88 Å². The third-order valence-electron chi connectivity index (χ3n) is 4.84. The highest BCUT2D eigenvalue weighted by atomic mass is 32.1. The third kappa shape index (κ3) is 3.77. The van der Waals surface area contributed by atoms with E-state index in [1.54, 1.807) is 24.3 Å². The predicted octanol–water partition coefficient (Wildman–Crippen LogP) is 2.05. The number of anilines is 1. The maximum Gasteiger partial charge on any atom is 0.351 e. The van der Waals surface area contributed by atoms with Crippen molar-refractivity contribution in [3.05, 3.63) is 40.3 Å². The van der Waals surface area contributed by atoms with E-state index < -0.39 is 30.0 Å². The standard InChI is InChI=1S/C20H20N2O6S/c1-10(27-20(25)14-9-26-12-6-2-3-7-13(12)28-14)18(24)22-19-16(17(21)23)11-5-4-8-15(11)29-19/h2-3,6-7,10,14H,4-5,8-9H2,1H3,(H2,21,23)(H,22,24)/t10-,14-/m1/s1. The van der Waals surface area contributed by atoms with Crippen LogP contribution in [0.3, 0.4) is 0 Å². The summed E-state index contributed by atoms with van der Waals surface area (Å²) in [5.41, 5.74) is 6.77. The Labute approximate surface area is 170 Å². The van der Waals surface area contributed by atoms with Crippen molar-refractivity contribution < 1.29 is 28.6 Å². The largest absolute Gasteiger partial charge is 0.485 e. The monoisotopic (exact) mass is 416 g/mol. The first-order chi connectivity index (χ1) is 13.9. The number of hydrogen-bond donors (Lipinski definition) is 2. The molecule has 4 rings (SSSR count). The number of benzene rings is 1. The number of hydrogen-bond acceptors (Lipinski definition) is 7. The number of nitrogens with one attached hydrogen (secondary N) is 1. The molecule has 0 saturated carbocycles. The lowest BCUT2D eigenvalue weighted by molar-refractivity contribution is -0.162. The molecule has 3 N–H and O–H groups in total. The lowest BCUT2D eigenvalue weighted by Gasteiger charge is -2.25. The minimum absolute atomic E-state index is 0.00630. The highest BCUT2D eigenvalue weighted by Gasteiger charge is 2.32. The Kier molecular flexibility index (Phi) is 5.14. The van der Waals surface area contributed by atoms with Crippen LogP contribution in [0, 0.1) is 0 Å². The first-order valence-electron chi connectivity index (χ1n) is 9.28. The Morgan fingerprint density at radius 3 is 2.76 bits per heavy atom. The minimum Gasteiger partial charge on any atom is -0.485 e. The summed E-state index contributed by atoms with van der Waals surface area (Å²) < 4.78 is 16.3. The number of aryl methyl sites for hydroxylation is 1. The van der Waals surface area contributed by atoms with Crippen LogP contribution in [0.5, 0.6) is 11.5 Å². The SMILES string of the molecule is C[C@@H](OC(=O)[C@H]1COc2ccccc2O1)C(=O)Nc1sc2c(c1C(N)=O)CCC2. The van der Waals surface area contributed by atoms with E-state index in [0.717, 1.165) is 29.7 Å². The molecule has 2 aromatic rings. The number of nitrogens with two attached hydrogens (primary N) is 1. The van der Waals surface area contributed by atoms with Crippen molar-refractivity contribution in [3.8, 4) is 11.5 Å². The van der Waals surface area contributed by atoms with Crippen LogP contribution in [0.4, 0.5) is 5.00 Å². The van der Waals surface area contributed by atoms with Gasteiger partial charge >= 0.3 is 5.97 Å². The maximum atomic E-state index is 12.5. The van der Waals surface area contributed by atoms with Crippen LogP contribution in [0.2, 0.25) is 0 Å². The van der Waals surface area contributed by atoms with Crippen molar-refractivity contribution in [1.82, 2.24) is 0 Å². The number of amides is 2.